The van der Waals surface area contributed by atoms with E-state index in [0.717, 1.165) is 28.9 Å². The third-order valence-electron chi connectivity index (χ3n) is 2.56. The molecule has 2 rings (SSSR count). The highest BCUT2D eigenvalue weighted by Gasteiger charge is 2.29. The summed E-state index contributed by atoms with van der Waals surface area (Å²) < 4.78 is 6.67. The van der Waals surface area contributed by atoms with E-state index in [-0.39, 0.29) is 4.47 Å². The fraction of sp³-hybridized carbons (Fsp3) is 0.250. The quantitative estimate of drug-likeness (QED) is 0.392. The van der Waals surface area contributed by atoms with E-state index < -0.39 is 0 Å². The van der Waals surface area contributed by atoms with Gasteiger partial charge < -0.3 is 10.9 Å². The predicted octanol–water partition coefficient (Wildman–Crippen LogP) is 1.25. The number of hydrogen-bond donors (Lipinski definition) is 3. The van der Waals surface area contributed by atoms with Crippen LogP contribution in [0.2, 0.25) is 0 Å². The van der Waals surface area contributed by atoms with Crippen LogP contribution in [-0.2, 0) is 12.4 Å². The summed E-state index contributed by atoms with van der Waals surface area (Å²) in [5, 5.41) is 11.6. The van der Waals surface area contributed by atoms with E-state index >= 15 is 0 Å². The molecule has 1 atom stereocenters. The SMILES string of the molecule is Cc1c(N)c(N=S)c(C)c2c1NS[NH+]2[O-]. The van der Waals surface area contributed by atoms with Crippen LogP contribution in [0.25, 0.3) is 0 Å². The van der Waals surface area contributed by atoms with Crippen molar-refractivity contribution < 1.29 is 4.47 Å². The zero-order valence-corrected chi connectivity index (χ0v) is 9.88. The van der Waals surface area contributed by atoms with Gasteiger partial charge in [-0.25, -0.2) is 0 Å². The average Bonchev–Trinajstić information content (AvgIpc) is 2.58. The molecule has 0 saturated carbocycles. The van der Waals surface area contributed by atoms with Gasteiger partial charge in [-0.1, -0.05) is 0 Å². The highest BCUT2D eigenvalue weighted by atomic mass is 32.2. The van der Waals surface area contributed by atoms with Crippen molar-refractivity contribution in [2.75, 3.05) is 10.5 Å². The first-order chi connectivity index (χ1) is 7.07. The van der Waals surface area contributed by atoms with E-state index in [9.17, 15) is 5.21 Å². The van der Waals surface area contributed by atoms with Crippen LogP contribution in [0.15, 0.2) is 4.36 Å². The maximum Gasteiger partial charge on any atom is 0.203 e. The highest BCUT2D eigenvalue weighted by molar-refractivity contribution is 7.94. The second-order valence-corrected chi connectivity index (χ2v) is 4.31. The standard InChI is InChI=1S/C8H10N4OS2/c1-3-5(9)6(10-14)4(2)8-7(3)11-15-12(8)13/h11-12H,9H2,1-2H3. The van der Waals surface area contributed by atoms with Crippen molar-refractivity contribution in [2.45, 2.75) is 13.8 Å². The van der Waals surface area contributed by atoms with E-state index in [4.69, 9.17) is 5.73 Å². The fourth-order valence-electron chi connectivity index (χ4n) is 1.66. The first-order valence-corrected chi connectivity index (χ1v) is 5.49. The van der Waals surface area contributed by atoms with E-state index in [1.165, 1.54) is 0 Å². The van der Waals surface area contributed by atoms with Gasteiger partial charge in [0.2, 0.25) is 12.1 Å². The second kappa shape index (κ2) is 3.60. The summed E-state index contributed by atoms with van der Waals surface area (Å²) in [6, 6.07) is 0. The Kier molecular flexibility index (Phi) is 2.55. The second-order valence-electron chi connectivity index (χ2n) is 3.35. The van der Waals surface area contributed by atoms with Crippen molar-refractivity contribution in [3.8, 4) is 0 Å². The van der Waals surface area contributed by atoms with Crippen LogP contribution in [0.4, 0.5) is 22.7 Å². The van der Waals surface area contributed by atoms with Crippen LogP contribution in [0.3, 0.4) is 0 Å². The number of nitrogen functional groups attached to an aromatic ring is 1. The van der Waals surface area contributed by atoms with Gasteiger partial charge in [0, 0.05) is 23.6 Å². The molecule has 0 aliphatic carbocycles. The number of benzene rings is 1. The average molecular weight is 242 g/mol. The minimum Gasteiger partial charge on any atom is -0.615 e. The number of quaternary nitrogens is 1. The summed E-state index contributed by atoms with van der Waals surface area (Å²) in [7, 11) is 0. The van der Waals surface area contributed by atoms with Crippen LogP contribution < -0.4 is 14.9 Å². The number of hydrogen-bond acceptors (Lipinski definition) is 6. The molecule has 80 valence electrons. The Hall–Kier alpha value is -0.890. The van der Waals surface area contributed by atoms with Crippen LogP contribution >= 0.6 is 12.1 Å². The molecule has 1 aliphatic heterocycles. The minimum absolute atomic E-state index is 0.00880. The molecule has 1 aliphatic rings. The molecule has 1 unspecified atom stereocenters. The third-order valence-corrected chi connectivity index (χ3v) is 3.43. The number of fused-ring (bicyclic) bond motifs is 1. The lowest BCUT2D eigenvalue weighted by molar-refractivity contribution is -0.606. The summed E-state index contributed by atoms with van der Waals surface area (Å²) in [5.41, 5.74) is 10.0. The Morgan fingerprint density at radius 3 is 2.73 bits per heavy atom. The minimum atomic E-state index is -0.00880. The largest absolute Gasteiger partial charge is 0.615 e. The first kappa shape index (κ1) is 10.6. The number of nitrogens with two attached hydrogens (primary N) is 1. The molecule has 0 radical (unpaired) electrons. The molecular formula is C8H10N4OS2. The van der Waals surface area contributed by atoms with Gasteiger partial charge >= 0.3 is 0 Å². The maximum absolute atomic E-state index is 11.6. The van der Waals surface area contributed by atoms with E-state index in [1.807, 2.05) is 13.8 Å². The van der Waals surface area contributed by atoms with Crippen molar-refractivity contribution in [3.63, 3.8) is 0 Å². The van der Waals surface area contributed by atoms with Gasteiger partial charge in [0.05, 0.1) is 5.69 Å². The van der Waals surface area contributed by atoms with Gasteiger partial charge in [-0.2, -0.15) is 4.36 Å². The lowest BCUT2D eigenvalue weighted by Crippen LogP contribution is -2.93. The van der Waals surface area contributed by atoms with Gasteiger partial charge in [-0.15, -0.1) is 0 Å². The first-order valence-electron chi connectivity index (χ1n) is 4.31. The van der Waals surface area contributed by atoms with Crippen molar-refractivity contribution in [3.05, 3.63) is 16.3 Å². The topological polar surface area (TPSA) is 77.9 Å². The van der Waals surface area contributed by atoms with Crippen molar-refractivity contribution in [1.29, 1.82) is 0 Å². The molecule has 7 heteroatoms. The normalized spacial score (nSPS) is 18.5. The summed E-state index contributed by atoms with van der Waals surface area (Å²) in [4.78, 5) is 0. The van der Waals surface area contributed by atoms with Crippen molar-refractivity contribution in [2.24, 2.45) is 4.36 Å². The molecule has 0 spiro atoms. The zero-order chi connectivity index (χ0) is 11.2. The molecule has 0 amide bonds. The van der Waals surface area contributed by atoms with Crippen LogP contribution in [-0.4, -0.2) is 0 Å². The number of nitrogens with zero attached hydrogens (tertiary/aromatic N) is 1. The van der Waals surface area contributed by atoms with Crippen molar-refractivity contribution in [1.82, 2.24) is 0 Å². The Morgan fingerprint density at radius 2 is 2.13 bits per heavy atom. The zero-order valence-electron chi connectivity index (χ0n) is 8.25. The predicted molar refractivity (Wildman–Crippen MR) is 65.0 cm³/mol. The molecule has 1 aromatic carbocycles. The van der Waals surface area contributed by atoms with Gasteiger partial charge in [-0.3, -0.25) is 9.19 Å². The lowest BCUT2D eigenvalue weighted by Gasteiger charge is -2.15. The summed E-state index contributed by atoms with van der Waals surface area (Å²) in [5.74, 6) is 0. The molecule has 1 heterocycles. The molecular weight excluding hydrogens is 232 g/mol. The highest BCUT2D eigenvalue weighted by Crippen LogP contribution is 2.43. The maximum atomic E-state index is 11.6. The lowest BCUT2D eigenvalue weighted by atomic mass is 10.0. The smallest absolute Gasteiger partial charge is 0.203 e. The van der Waals surface area contributed by atoms with Gasteiger partial charge in [0.15, 0.2) is 5.69 Å². The summed E-state index contributed by atoms with van der Waals surface area (Å²) in [6.45, 7) is 3.66. The fourth-order valence-corrected chi connectivity index (χ4v) is 2.70. The van der Waals surface area contributed by atoms with Crippen LogP contribution in [0.1, 0.15) is 11.1 Å². The molecule has 0 saturated heterocycles. The molecule has 0 fully saturated rings. The molecule has 5 nitrogen and oxygen atoms in total. The Balaban J connectivity index is 2.80. The molecule has 0 bridgehead atoms. The van der Waals surface area contributed by atoms with E-state index in [2.05, 4.69) is 21.5 Å². The van der Waals surface area contributed by atoms with Gasteiger partial charge in [0.1, 0.15) is 11.4 Å². The summed E-state index contributed by atoms with van der Waals surface area (Å²) in [6.07, 6.45) is 0. The number of rotatable bonds is 1. The van der Waals surface area contributed by atoms with E-state index in [0.29, 0.717) is 17.1 Å². The summed E-state index contributed by atoms with van der Waals surface area (Å²) >= 11 is 5.73. The van der Waals surface area contributed by atoms with Crippen LogP contribution in [0.5, 0.6) is 0 Å². The molecule has 0 aromatic heterocycles. The Labute approximate surface area is 97.0 Å². The monoisotopic (exact) mass is 242 g/mol. The van der Waals surface area contributed by atoms with Crippen molar-refractivity contribution >= 4 is 47.3 Å². The Morgan fingerprint density at radius 1 is 1.47 bits per heavy atom. The molecule has 4 N–H and O–H groups in total. The van der Waals surface area contributed by atoms with Crippen LogP contribution in [0, 0.1) is 19.1 Å². The molecule has 15 heavy (non-hydrogen) atoms. The third kappa shape index (κ3) is 1.39. The van der Waals surface area contributed by atoms with Gasteiger partial charge in [-0.05, 0) is 13.8 Å². The number of anilines is 2. The molecule has 1 aromatic rings. The van der Waals surface area contributed by atoms with Gasteiger partial charge in [0.25, 0.3) is 0 Å². The van der Waals surface area contributed by atoms with E-state index in [1.54, 1.807) is 0 Å². The Bertz CT molecular complexity index is 449. The number of nitrogens with one attached hydrogen (secondary N) is 2.